The summed E-state index contributed by atoms with van der Waals surface area (Å²) in [4.78, 5) is 4.22. The number of halogens is 2. The summed E-state index contributed by atoms with van der Waals surface area (Å²) in [5.41, 5.74) is 8.99. The topological polar surface area (TPSA) is 101 Å². The van der Waals surface area contributed by atoms with Crippen LogP contribution in [0.1, 0.15) is 54.9 Å². The molecule has 0 fully saturated rings. The highest BCUT2D eigenvalue weighted by atomic mass is 35.5. The van der Waals surface area contributed by atoms with Crippen molar-refractivity contribution in [1.82, 2.24) is 10.3 Å². The zero-order valence-electron chi connectivity index (χ0n) is 18.5. The Labute approximate surface area is 201 Å². The maximum atomic E-state index is 10.3. The summed E-state index contributed by atoms with van der Waals surface area (Å²) in [6.45, 7) is 2.98. The molecule has 0 spiro atoms. The summed E-state index contributed by atoms with van der Waals surface area (Å²) in [7, 11) is 0. The third-order valence-electron chi connectivity index (χ3n) is 5.22. The first-order valence-electron chi connectivity index (χ1n) is 11.3. The van der Waals surface area contributed by atoms with Gasteiger partial charge >= 0.3 is 0 Å². The lowest BCUT2D eigenvalue weighted by Gasteiger charge is -2.14. The molecule has 2 aromatic rings. The van der Waals surface area contributed by atoms with Crippen molar-refractivity contribution in [2.24, 2.45) is 0 Å². The fraction of sp³-hybridized carbons (Fsp3) is 0.542. The number of hydrogen-bond acceptors (Lipinski definition) is 6. The van der Waals surface area contributed by atoms with Gasteiger partial charge in [0.2, 0.25) is 0 Å². The van der Waals surface area contributed by atoms with Gasteiger partial charge in [-0.1, -0.05) is 42.1 Å². The first kappa shape index (κ1) is 26.8. The molecule has 0 saturated heterocycles. The van der Waals surface area contributed by atoms with Gasteiger partial charge in [0.1, 0.15) is 0 Å². The lowest BCUT2D eigenvalue weighted by molar-refractivity contribution is 0.127. The number of hydrogen-bond donors (Lipinski definition) is 4. The monoisotopic (exact) mass is 483 g/mol. The second-order valence-electron chi connectivity index (χ2n) is 7.92. The van der Waals surface area contributed by atoms with Crippen LogP contribution in [0.4, 0.5) is 5.69 Å². The van der Waals surface area contributed by atoms with Crippen molar-refractivity contribution in [1.29, 1.82) is 0 Å². The normalized spacial score (nSPS) is 12.2. The van der Waals surface area contributed by atoms with Crippen molar-refractivity contribution in [3.63, 3.8) is 0 Å². The molecule has 0 aliphatic heterocycles. The molecule has 8 heteroatoms. The van der Waals surface area contributed by atoms with Crippen LogP contribution in [0.2, 0.25) is 10.0 Å². The van der Waals surface area contributed by atoms with Gasteiger partial charge in [0.25, 0.3) is 0 Å². The van der Waals surface area contributed by atoms with Crippen LogP contribution >= 0.6 is 23.2 Å². The van der Waals surface area contributed by atoms with Crippen molar-refractivity contribution < 1.29 is 14.9 Å². The number of pyridine rings is 1. The van der Waals surface area contributed by atoms with E-state index >= 15 is 0 Å². The Kier molecular flexibility index (Phi) is 12.9. The number of aromatic nitrogens is 1. The van der Waals surface area contributed by atoms with Crippen LogP contribution in [0.3, 0.4) is 0 Å². The number of aliphatic hydroxyl groups is 2. The van der Waals surface area contributed by atoms with Crippen LogP contribution in [-0.2, 0) is 17.6 Å². The molecular weight excluding hydrogens is 449 g/mol. The summed E-state index contributed by atoms with van der Waals surface area (Å²) in [6.07, 6.45) is 9.93. The highest BCUT2D eigenvalue weighted by Crippen LogP contribution is 2.31. The van der Waals surface area contributed by atoms with Gasteiger partial charge < -0.3 is 26.0 Å². The zero-order chi connectivity index (χ0) is 23.2. The van der Waals surface area contributed by atoms with E-state index < -0.39 is 6.10 Å². The molecule has 1 atom stereocenters. The minimum Gasteiger partial charge on any atom is -0.396 e. The molecule has 32 heavy (non-hydrogen) atoms. The lowest BCUT2D eigenvalue weighted by atomic mass is 10.1. The molecule has 0 saturated carbocycles. The molecule has 1 aromatic heterocycles. The minimum atomic E-state index is -0.674. The summed E-state index contributed by atoms with van der Waals surface area (Å²) >= 11 is 12.0. The van der Waals surface area contributed by atoms with Crippen LogP contribution in [-0.4, -0.2) is 48.1 Å². The highest BCUT2D eigenvalue weighted by molar-refractivity contribution is 6.38. The van der Waals surface area contributed by atoms with Crippen molar-refractivity contribution in [3.05, 3.63) is 57.3 Å². The van der Waals surface area contributed by atoms with Gasteiger partial charge in [0, 0.05) is 38.8 Å². The Balaban J connectivity index is 1.44. The highest BCUT2D eigenvalue weighted by Gasteiger charge is 2.11. The molecule has 1 aromatic carbocycles. The van der Waals surface area contributed by atoms with Crippen molar-refractivity contribution >= 4 is 28.9 Å². The van der Waals surface area contributed by atoms with E-state index in [1.165, 1.54) is 5.56 Å². The molecule has 1 unspecified atom stereocenters. The molecule has 6 nitrogen and oxygen atoms in total. The summed E-state index contributed by atoms with van der Waals surface area (Å²) < 4.78 is 5.73. The smallest absolute Gasteiger partial charge is 0.0915 e. The number of ether oxygens (including phenoxy) is 1. The van der Waals surface area contributed by atoms with Gasteiger partial charge in [-0.3, -0.25) is 4.98 Å². The van der Waals surface area contributed by atoms with Gasteiger partial charge in [-0.05, 0) is 67.5 Å². The third-order valence-corrected chi connectivity index (χ3v) is 5.85. The molecule has 0 aliphatic carbocycles. The number of anilines is 1. The van der Waals surface area contributed by atoms with Crippen molar-refractivity contribution in [2.75, 3.05) is 38.6 Å². The molecule has 1 heterocycles. The molecule has 178 valence electrons. The Morgan fingerprint density at radius 1 is 0.938 bits per heavy atom. The van der Waals surface area contributed by atoms with Gasteiger partial charge in [-0.25, -0.2) is 0 Å². The van der Waals surface area contributed by atoms with Gasteiger partial charge in [-0.15, -0.1) is 0 Å². The van der Waals surface area contributed by atoms with Crippen LogP contribution in [0.25, 0.3) is 0 Å². The Bertz CT molecular complexity index is 785. The molecule has 0 radical (unpaired) electrons. The molecule has 5 N–H and O–H groups in total. The van der Waals surface area contributed by atoms with E-state index in [4.69, 9.17) is 38.8 Å². The SMILES string of the molecule is Nc1c(Cl)cc(C(O)CNCCCCCCOCCCc2cncc(CCO)c2)cc1Cl. The van der Waals surface area contributed by atoms with Crippen LogP contribution in [0, 0.1) is 0 Å². The van der Waals surface area contributed by atoms with Crippen LogP contribution in [0.15, 0.2) is 30.6 Å². The molecule has 0 aliphatic rings. The van der Waals surface area contributed by atoms with E-state index in [0.29, 0.717) is 34.3 Å². The average molecular weight is 484 g/mol. The fourth-order valence-electron chi connectivity index (χ4n) is 3.38. The number of benzene rings is 1. The Morgan fingerprint density at radius 3 is 2.31 bits per heavy atom. The number of nitrogens with zero attached hydrogens (tertiary/aromatic N) is 1. The van der Waals surface area contributed by atoms with E-state index in [9.17, 15) is 5.11 Å². The van der Waals surface area contributed by atoms with E-state index in [2.05, 4.69) is 16.4 Å². The minimum absolute atomic E-state index is 0.153. The molecule has 0 amide bonds. The third kappa shape index (κ3) is 10.0. The quantitative estimate of drug-likeness (QED) is 0.209. The number of aryl methyl sites for hydroxylation is 1. The zero-order valence-corrected chi connectivity index (χ0v) is 20.0. The van der Waals surface area contributed by atoms with E-state index in [0.717, 1.165) is 63.8 Å². The van der Waals surface area contributed by atoms with Crippen molar-refractivity contribution in [3.8, 4) is 0 Å². The molecular formula is C24H35Cl2N3O3. The second kappa shape index (κ2) is 15.4. The van der Waals surface area contributed by atoms with Gasteiger partial charge in [0.15, 0.2) is 0 Å². The molecule has 0 bridgehead atoms. The van der Waals surface area contributed by atoms with E-state index in [1.807, 2.05) is 6.20 Å². The predicted octanol–water partition coefficient (Wildman–Crippen LogP) is 4.34. The standard InChI is InChI=1S/C24H35Cl2N3O3/c25-21-13-20(14-22(26)24(21)27)23(31)17-28-8-3-1-2-4-10-32-11-5-6-18-12-19(7-9-30)16-29-15-18/h12-16,23,28,30-31H,1-11,17,27H2. The number of nitrogen functional groups attached to an aromatic ring is 1. The number of rotatable bonds is 16. The Hall–Kier alpha value is -1.41. The van der Waals surface area contributed by atoms with Gasteiger partial charge in [0.05, 0.1) is 21.8 Å². The summed E-state index contributed by atoms with van der Waals surface area (Å²) in [5, 5.41) is 23.3. The van der Waals surface area contributed by atoms with E-state index in [1.54, 1.807) is 18.3 Å². The fourth-order valence-corrected chi connectivity index (χ4v) is 3.89. The first-order chi connectivity index (χ1) is 15.5. The summed E-state index contributed by atoms with van der Waals surface area (Å²) in [5.74, 6) is 0. The number of nitrogens with two attached hydrogens (primary N) is 1. The maximum Gasteiger partial charge on any atom is 0.0915 e. The predicted molar refractivity (Wildman–Crippen MR) is 131 cm³/mol. The second-order valence-corrected chi connectivity index (χ2v) is 8.74. The van der Waals surface area contributed by atoms with Crippen LogP contribution < -0.4 is 11.1 Å². The lowest BCUT2D eigenvalue weighted by Crippen LogP contribution is -2.22. The largest absolute Gasteiger partial charge is 0.396 e. The van der Waals surface area contributed by atoms with Crippen molar-refractivity contribution in [2.45, 2.75) is 51.0 Å². The van der Waals surface area contributed by atoms with E-state index in [-0.39, 0.29) is 6.61 Å². The first-order valence-corrected chi connectivity index (χ1v) is 12.0. The number of unbranched alkanes of at least 4 members (excludes halogenated alkanes) is 3. The maximum absolute atomic E-state index is 10.3. The number of aliphatic hydroxyl groups excluding tert-OH is 2. The van der Waals surface area contributed by atoms with Gasteiger partial charge in [-0.2, -0.15) is 0 Å². The summed E-state index contributed by atoms with van der Waals surface area (Å²) in [6, 6.07) is 5.41. The van der Waals surface area contributed by atoms with Crippen LogP contribution in [0.5, 0.6) is 0 Å². The Morgan fingerprint density at radius 2 is 1.59 bits per heavy atom. The average Bonchev–Trinajstić information content (AvgIpc) is 2.78. The number of nitrogens with one attached hydrogen (secondary N) is 1. The molecule has 2 rings (SSSR count).